The van der Waals surface area contributed by atoms with E-state index in [1.807, 2.05) is 19.9 Å². The minimum atomic E-state index is -0.144. The molecule has 3 N–H and O–H groups in total. The van der Waals surface area contributed by atoms with Crippen molar-refractivity contribution < 1.29 is 0 Å². The molecule has 0 radical (unpaired) electrons. The Morgan fingerprint density at radius 3 is 2.24 bits per heavy atom. The first kappa shape index (κ1) is 13.9. The van der Waals surface area contributed by atoms with Crippen molar-refractivity contribution in [3.63, 3.8) is 0 Å². The van der Waals surface area contributed by atoms with Crippen molar-refractivity contribution in [2.75, 3.05) is 11.9 Å². The maximum atomic E-state index is 5.86. The van der Waals surface area contributed by atoms with Gasteiger partial charge in [0, 0.05) is 23.5 Å². The van der Waals surface area contributed by atoms with Gasteiger partial charge in [0.1, 0.15) is 0 Å². The fourth-order valence-corrected chi connectivity index (χ4v) is 2.14. The molecular formula is C13H24N4. The predicted molar refractivity (Wildman–Crippen MR) is 72.0 cm³/mol. The lowest BCUT2D eigenvalue weighted by Gasteiger charge is -2.31. The smallest absolute Gasteiger partial charge is 0.223 e. The van der Waals surface area contributed by atoms with Crippen molar-refractivity contribution in [1.82, 2.24) is 9.97 Å². The molecule has 1 heterocycles. The van der Waals surface area contributed by atoms with Gasteiger partial charge in [-0.25, -0.2) is 9.97 Å². The molecular weight excluding hydrogens is 212 g/mol. The van der Waals surface area contributed by atoms with Crippen molar-refractivity contribution in [1.29, 1.82) is 0 Å². The summed E-state index contributed by atoms with van der Waals surface area (Å²) in [7, 11) is 0. The molecule has 0 bridgehead atoms. The fourth-order valence-electron chi connectivity index (χ4n) is 2.14. The Morgan fingerprint density at radius 2 is 1.82 bits per heavy atom. The predicted octanol–water partition coefficient (Wildman–Crippen LogP) is 2.27. The monoisotopic (exact) mass is 236 g/mol. The number of nitrogens with two attached hydrogens (primary N) is 1. The number of nitrogens with zero attached hydrogens (tertiary/aromatic N) is 2. The molecule has 96 valence electrons. The zero-order valence-corrected chi connectivity index (χ0v) is 11.5. The lowest BCUT2D eigenvalue weighted by Crippen LogP contribution is -2.44. The molecule has 17 heavy (non-hydrogen) atoms. The van der Waals surface area contributed by atoms with Crippen LogP contribution in [0.25, 0.3) is 0 Å². The second-order valence-electron chi connectivity index (χ2n) is 5.46. The quantitative estimate of drug-likeness (QED) is 0.823. The second kappa shape index (κ2) is 5.45. The summed E-state index contributed by atoms with van der Waals surface area (Å²) < 4.78 is 0. The molecule has 1 aromatic rings. The first-order chi connectivity index (χ1) is 7.84. The summed E-state index contributed by atoms with van der Waals surface area (Å²) in [5, 5.41) is 3.37. The van der Waals surface area contributed by atoms with Crippen LogP contribution in [0, 0.1) is 19.8 Å². The zero-order chi connectivity index (χ0) is 13.1. The van der Waals surface area contributed by atoms with Gasteiger partial charge in [0.2, 0.25) is 5.95 Å². The Kier molecular flexibility index (Phi) is 4.46. The van der Waals surface area contributed by atoms with E-state index in [9.17, 15) is 0 Å². The van der Waals surface area contributed by atoms with Gasteiger partial charge < -0.3 is 11.1 Å². The molecule has 0 saturated carbocycles. The lowest BCUT2D eigenvalue weighted by molar-refractivity contribution is 0.404. The van der Waals surface area contributed by atoms with Crippen molar-refractivity contribution >= 4 is 5.95 Å². The molecule has 0 amide bonds. The van der Waals surface area contributed by atoms with Crippen molar-refractivity contribution in [2.24, 2.45) is 11.7 Å². The van der Waals surface area contributed by atoms with E-state index >= 15 is 0 Å². The molecule has 0 aliphatic rings. The van der Waals surface area contributed by atoms with Gasteiger partial charge in [-0.1, -0.05) is 13.8 Å². The molecule has 0 aliphatic heterocycles. The van der Waals surface area contributed by atoms with Crippen LogP contribution < -0.4 is 11.1 Å². The second-order valence-corrected chi connectivity index (χ2v) is 5.46. The SMILES string of the molecule is Cc1cc(C)nc(NC(C)(CN)CC(C)C)n1. The van der Waals surface area contributed by atoms with Gasteiger partial charge in [-0.3, -0.25) is 0 Å². The summed E-state index contributed by atoms with van der Waals surface area (Å²) in [6.45, 7) is 11.0. The molecule has 0 spiro atoms. The van der Waals surface area contributed by atoms with Crippen molar-refractivity contribution in [3.8, 4) is 0 Å². The highest BCUT2D eigenvalue weighted by Crippen LogP contribution is 2.20. The van der Waals surface area contributed by atoms with E-state index in [-0.39, 0.29) is 5.54 Å². The Bertz CT molecular complexity index is 355. The highest BCUT2D eigenvalue weighted by atomic mass is 15.1. The van der Waals surface area contributed by atoms with E-state index in [0.717, 1.165) is 17.8 Å². The number of rotatable bonds is 5. The van der Waals surface area contributed by atoms with E-state index in [1.165, 1.54) is 0 Å². The summed E-state index contributed by atoms with van der Waals surface area (Å²) >= 11 is 0. The summed E-state index contributed by atoms with van der Waals surface area (Å²) in [6, 6.07) is 1.97. The topological polar surface area (TPSA) is 63.8 Å². The number of aryl methyl sites for hydroxylation is 2. The van der Waals surface area contributed by atoms with Gasteiger partial charge in [-0.2, -0.15) is 0 Å². The molecule has 1 unspecified atom stereocenters. The summed E-state index contributed by atoms with van der Waals surface area (Å²) in [5.74, 6) is 1.26. The molecule has 4 nitrogen and oxygen atoms in total. The molecule has 0 fully saturated rings. The van der Waals surface area contributed by atoms with Crippen LogP contribution in [0.2, 0.25) is 0 Å². The van der Waals surface area contributed by atoms with E-state index < -0.39 is 0 Å². The number of anilines is 1. The van der Waals surface area contributed by atoms with Gasteiger partial charge in [0.15, 0.2) is 0 Å². The van der Waals surface area contributed by atoms with Crippen LogP contribution in [-0.4, -0.2) is 22.1 Å². The Hall–Kier alpha value is -1.16. The van der Waals surface area contributed by atoms with E-state index in [0.29, 0.717) is 18.4 Å². The van der Waals surface area contributed by atoms with Crippen LogP contribution in [0.3, 0.4) is 0 Å². The minimum Gasteiger partial charge on any atom is -0.348 e. The molecule has 4 heteroatoms. The average Bonchev–Trinajstić information content (AvgIpc) is 2.14. The van der Waals surface area contributed by atoms with Crippen LogP contribution in [0.1, 0.15) is 38.6 Å². The summed E-state index contributed by atoms with van der Waals surface area (Å²) in [6.07, 6.45) is 1.000. The highest BCUT2D eigenvalue weighted by molar-refractivity contribution is 5.31. The third-order valence-corrected chi connectivity index (χ3v) is 2.71. The standard InChI is InChI=1S/C13H24N4/c1-9(2)7-13(5,8-14)17-12-15-10(3)6-11(4)16-12/h6,9H,7-8,14H2,1-5H3,(H,15,16,17). The first-order valence-corrected chi connectivity index (χ1v) is 6.15. The maximum absolute atomic E-state index is 5.86. The van der Waals surface area contributed by atoms with Gasteiger partial charge in [0.05, 0.1) is 0 Å². The molecule has 1 rings (SSSR count). The zero-order valence-electron chi connectivity index (χ0n) is 11.5. The highest BCUT2D eigenvalue weighted by Gasteiger charge is 2.24. The third-order valence-electron chi connectivity index (χ3n) is 2.71. The van der Waals surface area contributed by atoms with Gasteiger partial charge in [-0.05, 0) is 39.2 Å². The average molecular weight is 236 g/mol. The summed E-state index contributed by atoms with van der Waals surface area (Å²) in [4.78, 5) is 8.79. The molecule has 0 aliphatic carbocycles. The number of aromatic nitrogens is 2. The normalized spacial score (nSPS) is 14.8. The van der Waals surface area contributed by atoms with Crippen LogP contribution in [-0.2, 0) is 0 Å². The molecule has 0 aromatic carbocycles. The first-order valence-electron chi connectivity index (χ1n) is 6.15. The molecule has 0 saturated heterocycles. The van der Waals surface area contributed by atoms with Crippen LogP contribution in [0.5, 0.6) is 0 Å². The summed E-state index contributed by atoms with van der Waals surface area (Å²) in [5.41, 5.74) is 7.67. The van der Waals surface area contributed by atoms with Crippen LogP contribution in [0.4, 0.5) is 5.95 Å². The number of hydrogen-bond acceptors (Lipinski definition) is 4. The van der Waals surface area contributed by atoms with Crippen molar-refractivity contribution in [2.45, 2.75) is 46.6 Å². The molecule has 1 aromatic heterocycles. The fraction of sp³-hybridized carbons (Fsp3) is 0.692. The Labute approximate surface area is 104 Å². The Morgan fingerprint density at radius 1 is 1.29 bits per heavy atom. The molecule has 1 atom stereocenters. The van der Waals surface area contributed by atoms with E-state index in [4.69, 9.17) is 5.73 Å². The van der Waals surface area contributed by atoms with E-state index in [1.54, 1.807) is 0 Å². The van der Waals surface area contributed by atoms with Gasteiger partial charge >= 0.3 is 0 Å². The van der Waals surface area contributed by atoms with Crippen LogP contribution >= 0.6 is 0 Å². The largest absolute Gasteiger partial charge is 0.348 e. The lowest BCUT2D eigenvalue weighted by atomic mass is 9.91. The van der Waals surface area contributed by atoms with Gasteiger partial charge in [-0.15, -0.1) is 0 Å². The Balaban J connectivity index is 2.86. The number of hydrogen-bond donors (Lipinski definition) is 2. The van der Waals surface area contributed by atoms with E-state index in [2.05, 4.69) is 36.1 Å². The van der Waals surface area contributed by atoms with Crippen LogP contribution in [0.15, 0.2) is 6.07 Å². The minimum absolute atomic E-state index is 0.144. The van der Waals surface area contributed by atoms with Crippen molar-refractivity contribution in [3.05, 3.63) is 17.5 Å². The van der Waals surface area contributed by atoms with Gasteiger partial charge in [0.25, 0.3) is 0 Å². The maximum Gasteiger partial charge on any atom is 0.223 e. The number of nitrogens with one attached hydrogen (secondary N) is 1. The third kappa shape index (κ3) is 4.30.